The van der Waals surface area contributed by atoms with Crippen LogP contribution in [-0.4, -0.2) is 27.6 Å². The number of benzene rings is 5. The van der Waals surface area contributed by atoms with Gasteiger partial charge in [-0.2, -0.15) is 0 Å². The number of imidazole rings is 1. The van der Waals surface area contributed by atoms with Gasteiger partial charge in [-0.3, -0.25) is 9.97 Å². The molecule has 5 nitrogen and oxygen atoms in total. The Kier molecular flexibility index (Phi) is 13.3. The first kappa shape index (κ1) is 45.6. The Morgan fingerprint density at radius 1 is 0.714 bits per heavy atom. The van der Waals surface area contributed by atoms with Gasteiger partial charge in [0.15, 0.2) is 0 Å². The smallest absolute Gasteiger partial charge is 0.120 e. The van der Waals surface area contributed by atoms with E-state index >= 15 is 0 Å². The van der Waals surface area contributed by atoms with E-state index in [0.717, 1.165) is 67.7 Å². The van der Waals surface area contributed by atoms with Crippen molar-refractivity contribution in [2.75, 3.05) is 0 Å². The first-order valence-corrected chi connectivity index (χ1v) is 25.4. The van der Waals surface area contributed by atoms with Gasteiger partial charge in [-0.25, -0.2) is 0 Å². The van der Waals surface area contributed by atoms with Crippen LogP contribution in [0.3, 0.4) is 0 Å². The maximum Gasteiger partial charge on any atom is 0.120 e. The van der Waals surface area contributed by atoms with Crippen molar-refractivity contribution in [3.63, 3.8) is 0 Å². The number of aromatic nitrogens is 4. The number of rotatable bonds is 8. The van der Waals surface area contributed by atoms with Crippen LogP contribution in [0.4, 0.5) is 0 Å². The molecule has 0 bridgehead atoms. The Balaban J connectivity index is 0.000000229. The SMILES string of the molecule is CC(C)(C)Cc1cc(-c2[c-]cccc2)ncc1[Si](C)(C)C.Cc1nccc2nc(-c3[c-]cc4oc5ccccc5c4c3)n(-c3c(C(C)C)cc(-c4ccccc4)cc3C(C)C)c12.[Ir]. The second-order valence-electron chi connectivity index (χ2n) is 19.4. The molecule has 0 aliphatic carbocycles. The molecule has 0 aliphatic rings. The fraction of sp³-hybridized carbons (Fsp3) is 0.268. The quantitative estimate of drug-likeness (QED) is 0.112. The van der Waals surface area contributed by atoms with Crippen molar-refractivity contribution >= 4 is 46.2 Å². The molecule has 7 heteroatoms. The van der Waals surface area contributed by atoms with Crippen molar-refractivity contribution < 1.29 is 24.5 Å². The van der Waals surface area contributed by atoms with Crippen LogP contribution in [0.5, 0.6) is 0 Å². The van der Waals surface area contributed by atoms with Gasteiger partial charge < -0.3 is 14.0 Å². The van der Waals surface area contributed by atoms with E-state index in [1.807, 2.05) is 48.7 Å². The second-order valence-corrected chi connectivity index (χ2v) is 24.5. The first-order chi connectivity index (χ1) is 29.6. The number of hydrogen-bond donors (Lipinski definition) is 0. The summed E-state index contributed by atoms with van der Waals surface area (Å²) in [5.41, 5.74) is 15.6. The van der Waals surface area contributed by atoms with E-state index in [4.69, 9.17) is 19.4 Å². The van der Waals surface area contributed by atoms with Crippen LogP contribution in [0.2, 0.25) is 19.6 Å². The van der Waals surface area contributed by atoms with E-state index < -0.39 is 8.07 Å². The molecule has 0 fully saturated rings. The van der Waals surface area contributed by atoms with Crippen molar-refractivity contribution in [1.82, 2.24) is 19.5 Å². The molecule has 0 saturated heterocycles. The molecule has 4 heterocycles. The van der Waals surface area contributed by atoms with Crippen molar-refractivity contribution in [2.45, 2.75) is 93.3 Å². The van der Waals surface area contributed by atoms with E-state index in [1.165, 1.54) is 38.7 Å². The van der Waals surface area contributed by atoms with Crippen molar-refractivity contribution in [3.8, 4) is 39.5 Å². The standard InChI is InChI=1S/C37H32N3O.C19H26NSi.Ir/c1-22(2)29-20-27(25-11-7-6-8-12-25)21-30(23(3)4)36(29)40-35-24(5)38-18-17-32(35)39-37(40)26-15-16-34-31(19-26)28-13-9-10-14-33(28)41-34;1-19(2,3)13-16-12-17(15-10-8-7-9-11-15)20-14-18(16)21(4,5)6;/h6-14,16-23H,1-5H3;7-10,12,14H,13H2,1-6H3;/q2*-1;. The Morgan fingerprint density at radius 2 is 1.40 bits per heavy atom. The minimum Gasteiger partial charge on any atom is -0.500 e. The average molecular weight is 1020 g/mol. The number of nitrogens with zero attached hydrogens (tertiary/aromatic N) is 4. The average Bonchev–Trinajstić information content (AvgIpc) is 3.82. The summed E-state index contributed by atoms with van der Waals surface area (Å²) < 4.78 is 8.47. The molecule has 0 spiro atoms. The number of hydrogen-bond acceptors (Lipinski definition) is 4. The van der Waals surface area contributed by atoms with E-state index in [2.05, 4.69) is 171 Å². The zero-order valence-electron chi connectivity index (χ0n) is 38.5. The molecule has 0 N–H and O–H groups in total. The largest absolute Gasteiger partial charge is 0.500 e. The zero-order chi connectivity index (χ0) is 43.9. The molecule has 0 amide bonds. The van der Waals surface area contributed by atoms with Gasteiger partial charge in [-0.05, 0) is 88.0 Å². The van der Waals surface area contributed by atoms with Gasteiger partial charge in [0.2, 0.25) is 0 Å². The van der Waals surface area contributed by atoms with Gasteiger partial charge in [0.1, 0.15) is 5.58 Å². The summed E-state index contributed by atoms with van der Waals surface area (Å²) in [6, 6.07) is 46.8. The van der Waals surface area contributed by atoms with Crippen molar-refractivity contribution in [3.05, 3.63) is 162 Å². The van der Waals surface area contributed by atoms with Gasteiger partial charge in [0, 0.05) is 43.6 Å². The normalized spacial score (nSPS) is 12.0. The topological polar surface area (TPSA) is 56.7 Å². The molecule has 323 valence electrons. The second kappa shape index (κ2) is 18.3. The predicted molar refractivity (Wildman–Crippen MR) is 263 cm³/mol. The maximum absolute atomic E-state index is 6.12. The van der Waals surface area contributed by atoms with Gasteiger partial charge in [0.25, 0.3) is 0 Å². The molecule has 9 rings (SSSR count). The van der Waals surface area contributed by atoms with E-state index in [9.17, 15) is 0 Å². The van der Waals surface area contributed by atoms with Crippen LogP contribution >= 0.6 is 0 Å². The number of para-hydroxylation sites is 1. The van der Waals surface area contributed by atoms with Crippen LogP contribution in [0.25, 0.3) is 72.4 Å². The molecule has 0 atom stereocenters. The summed E-state index contributed by atoms with van der Waals surface area (Å²) in [5.74, 6) is 1.44. The van der Waals surface area contributed by atoms with E-state index in [1.54, 1.807) is 0 Å². The minimum absolute atomic E-state index is 0. The van der Waals surface area contributed by atoms with E-state index in [0.29, 0.717) is 0 Å². The summed E-state index contributed by atoms with van der Waals surface area (Å²) in [6.07, 6.45) is 5.05. The molecule has 4 aromatic heterocycles. The number of fused-ring (bicyclic) bond motifs is 4. The Labute approximate surface area is 388 Å². The number of pyridine rings is 2. The maximum atomic E-state index is 6.12. The summed E-state index contributed by atoms with van der Waals surface area (Å²) in [6.45, 7) is 25.3. The Morgan fingerprint density at radius 3 is 2.05 bits per heavy atom. The minimum atomic E-state index is -1.37. The Bertz CT molecular complexity index is 3000. The fourth-order valence-electron chi connectivity index (χ4n) is 8.58. The molecular weight excluding hydrogens is 965 g/mol. The van der Waals surface area contributed by atoms with E-state index in [-0.39, 0.29) is 37.4 Å². The summed E-state index contributed by atoms with van der Waals surface area (Å²) in [4.78, 5) is 14.7. The third-order valence-electron chi connectivity index (χ3n) is 11.5. The first-order valence-electron chi connectivity index (χ1n) is 21.9. The summed E-state index contributed by atoms with van der Waals surface area (Å²) in [5, 5.41) is 3.64. The van der Waals surface area contributed by atoms with Gasteiger partial charge in [-0.1, -0.05) is 134 Å². The molecular formula is C56H58IrN4OSi-2. The van der Waals surface area contributed by atoms with Gasteiger partial charge in [0.05, 0.1) is 36.2 Å². The zero-order valence-corrected chi connectivity index (χ0v) is 41.9. The third kappa shape index (κ3) is 9.57. The van der Waals surface area contributed by atoms with Gasteiger partial charge >= 0.3 is 0 Å². The monoisotopic (exact) mass is 1020 g/mol. The summed E-state index contributed by atoms with van der Waals surface area (Å²) in [7, 11) is -1.37. The molecule has 1 radical (unpaired) electrons. The molecule has 9 aromatic rings. The van der Waals surface area contributed by atoms with Crippen molar-refractivity contribution in [1.29, 1.82) is 0 Å². The molecule has 0 saturated carbocycles. The van der Waals surface area contributed by atoms with Crippen LogP contribution in [0.1, 0.15) is 82.7 Å². The Hall–Kier alpha value is -5.46. The molecule has 0 unspecified atom stereocenters. The van der Waals surface area contributed by atoms with Crippen LogP contribution < -0.4 is 5.19 Å². The van der Waals surface area contributed by atoms with Gasteiger partial charge in [-0.15, -0.1) is 59.7 Å². The molecule has 5 aromatic carbocycles. The summed E-state index contributed by atoms with van der Waals surface area (Å²) >= 11 is 0. The fourth-order valence-corrected chi connectivity index (χ4v) is 10.2. The number of furan rings is 1. The number of aryl methyl sites for hydroxylation is 1. The predicted octanol–water partition coefficient (Wildman–Crippen LogP) is 14.7. The van der Waals surface area contributed by atoms with Crippen molar-refractivity contribution in [2.24, 2.45) is 5.41 Å². The van der Waals surface area contributed by atoms with Crippen LogP contribution in [0, 0.1) is 24.5 Å². The molecule has 0 aliphatic heterocycles. The third-order valence-corrected chi connectivity index (χ3v) is 13.6. The van der Waals surface area contributed by atoms with Crippen LogP contribution in [-0.2, 0) is 26.5 Å². The molecule has 63 heavy (non-hydrogen) atoms. The van der Waals surface area contributed by atoms with Crippen LogP contribution in [0.15, 0.2) is 132 Å².